The highest BCUT2D eigenvalue weighted by Gasteiger charge is 2.27. The number of nitrogens with one attached hydrogen (secondary N) is 1. The van der Waals surface area contributed by atoms with Gasteiger partial charge in [0, 0.05) is 64.3 Å². The normalized spacial score (nSPS) is 22.1. The zero-order valence-electron chi connectivity index (χ0n) is 20.2. The minimum atomic E-state index is -3.53. The van der Waals surface area contributed by atoms with Gasteiger partial charge in [-0.05, 0) is 44.9 Å². The van der Waals surface area contributed by atoms with Crippen LogP contribution >= 0.6 is 0 Å². The van der Waals surface area contributed by atoms with Crippen LogP contribution < -0.4 is 15.1 Å². The maximum Gasteiger partial charge on any atom is 0.265 e. The van der Waals surface area contributed by atoms with Gasteiger partial charge in [-0.3, -0.25) is 9.08 Å². The van der Waals surface area contributed by atoms with Gasteiger partial charge < -0.3 is 15.1 Å². The average molecular weight is 481 g/mol. The van der Waals surface area contributed by atoms with Crippen molar-refractivity contribution in [1.82, 2.24) is 20.2 Å². The first-order chi connectivity index (χ1) is 15.9. The molecule has 0 saturated carbocycles. The van der Waals surface area contributed by atoms with Crippen LogP contribution in [0.2, 0.25) is 0 Å². The van der Waals surface area contributed by atoms with E-state index in [0.717, 1.165) is 88.9 Å². The van der Waals surface area contributed by atoms with E-state index in [4.69, 9.17) is 14.2 Å². The summed E-state index contributed by atoms with van der Waals surface area (Å²) in [6.07, 6.45) is 7.98. The van der Waals surface area contributed by atoms with Crippen LogP contribution in [0.25, 0.3) is 0 Å². The largest absolute Gasteiger partial charge is 0.356 e. The molecule has 2 unspecified atom stereocenters. The second-order valence-corrected chi connectivity index (χ2v) is 11.2. The molecule has 1 N–H and O–H groups in total. The van der Waals surface area contributed by atoms with Crippen LogP contribution in [-0.2, 0) is 14.3 Å². The SMILES string of the molecule is CCC(CCC(OS(C)(=O)=O)N1CCNCC1)c1cc(N2CCCC2)nc(N2CCCC2)n1. The Labute approximate surface area is 199 Å². The van der Waals surface area contributed by atoms with E-state index in [1.807, 2.05) is 0 Å². The third-order valence-electron chi connectivity index (χ3n) is 7.06. The van der Waals surface area contributed by atoms with Gasteiger partial charge in [0.15, 0.2) is 0 Å². The van der Waals surface area contributed by atoms with E-state index >= 15 is 0 Å². The van der Waals surface area contributed by atoms with E-state index in [1.54, 1.807) is 0 Å². The highest BCUT2D eigenvalue weighted by atomic mass is 32.2. The number of aromatic nitrogens is 2. The fourth-order valence-electron chi connectivity index (χ4n) is 5.18. The maximum absolute atomic E-state index is 12.0. The lowest BCUT2D eigenvalue weighted by Crippen LogP contribution is -2.49. The Morgan fingerprint density at radius 1 is 0.970 bits per heavy atom. The van der Waals surface area contributed by atoms with Crippen molar-refractivity contribution >= 4 is 21.9 Å². The lowest BCUT2D eigenvalue weighted by molar-refractivity contribution is 0.0138. The highest BCUT2D eigenvalue weighted by molar-refractivity contribution is 7.86. The molecule has 1 aromatic rings. The zero-order valence-corrected chi connectivity index (χ0v) is 21.0. The summed E-state index contributed by atoms with van der Waals surface area (Å²) in [5.41, 5.74) is 1.08. The Balaban J connectivity index is 1.53. The van der Waals surface area contributed by atoms with Crippen LogP contribution in [0.5, 0.6) is 0 Å². The first-order valence-electron chi connectivity index (χ1n) is 12.6. The molecule has 1 aromatic heterocycles. The fraction of sp³-hybridized carbons (Fsp3) is 0.826. The van der Waals surface area contributed by atoms with E-state index in [0.29, 0.717) is 6.42 Å². The molecule has 10 heteroatoms. The second-order valence-electron chi connectivity index (χ2n) is 9.56. The molecule has 0 aliphatic carbocycles. The monoisotopic (exact) mass is 480 g/mol. The van der Waals surface area contributed by atoms with Crippen LogP contribution in [0.4, 0.5) is 11.8 Å². The summed E-state index contributed by atoms with van der Waals surface area (Å²) in [5, 5.41) is 3.33. The van der Waals surface area contributed by atoms with Crippen molar-refractivity contribution in [1.29, 1.82) is 0 Å². The Hall–Kier alpha value is -1.49. The number of rotatable bonds is 10. The summed E-state index contributed by atoms with van der Waals surface area (Å²) in [6, 6.07) is 2.18. The summed E-state index contributed by atoms with van der Waals surface area (Å²) >= 11 is 0. The van der Waals surface area contributed by atoms with Crippen molar-refractivity contribution < 1.29 is 12.6 Å². The molecule has 33 heavy (non-hydrogen) atoms. The van der Waals surface area contributed by atoms with Crippen LogP contribution in [0.15, 0.2) is 6.07 Å². The molecule has 0 bridgehead atoms. The van der Waals surface area contributed by atoms with Crippen molar-refractivity contribution in [2.45, 2.75) is 64.0 Å². The predicted molar refractivity (Wildman–Crippen MR) is 131 cm³/mol. The molecule has 4 heterocycles. The Kier molecular flexibility index (Phi) is 8.43. The van der Waals surface area contributed by atoms with Crippen molar-refractivity contribution in [2.75, 3.05) is 68.4 Å². The topological polar surface area (TPSA) is 90.9 Å². The maximum atomic E-state index is 12.0. The lowest BCUT2D eigenvalue weighted by atomic mass is 9.95. The standard InChI is InChI=1S/C23H40N6O3S/c1-3-19(8-9-22(32-33(2,30)31)28-16-10-24-11-17-28)20-18-21(27-12-4-5-13-27)26-23(25-20)29-14-6-7-15-29/h18-19,22,24H,3-17H2,1-2H3. The van der Waals surface area contributed by atoms with Gasteiger partial charge >= 0.3 is 0 Å². The van der Waals surface area contributed by atoms with E-state index in [-0.39, 0.29) is 5.92 Å². The molecular formula is C23H40N6O3S. The predicted octanol–water partition coefficient (Wildman–Crippen LogP) is 2.16. The fourth-order valence-corrected chi connectivity index (χ4v) is 5.81. The third-order valence-corrected chi connectivity index (χ3v) is 7.63. The van der Waals surface area contributed by atoms with Crippen molar-refractivity contribution in [3.8, 4) is 0 Å². The van der Waals surface area contributed by atoms with E-state index in [9.17, 15) is 8.42 Å². The summed E-state index contributed by atoms with van der Waals surface area (Å²) in [4.78, 5) is 16.8. The van der Waals surface area contributed by atoms with Gasteiger partial charge in [-0.1, -0.05) is 6.92 Å². The number of hydrogen-bond donors (Lipinski definition) is 1. The Morgan fingerprint density at radius 2 is 1.61 bits per heavy atom. The Bertz CT molecular complexity index is 831. The molecule has 4 rings (SSSR count). The summed E-state index contributed by atoms with van der Waals surface area (Å²) in [6.45, 7) is 9.64. The minimum absolute atomic E-state index is 0.240. The summed E-state index contributed by atoms with van der Waals surface area (Å²) in [7, 11) is -3.53. The zero-order chi connectivity index (χ0) is 23.3. The molecule has 0 spiro atoms. The van der Waals surface area contributed by atoms with Gasteiger partial charge in [-0.25, -0.2) is 4.98 Å². The summed E-state index contributed by atoms with van der Waals surface area (Å²) in [5.74, 6) is 2.14. The number of hydrogen-bond acceptors (Lipinski definition) is 9. The van der Waals surface area contributed by atoms with E-state index < -0.39 is 16.3 Å². The summed E-state index contributed by atoms with van der Waals surface area (Å²) < 4.78 is 29.5. The number of piperazine rings is 1. The van der Waals surface area contributed by atoms with Gasteiger partial charge in [0.25, 0.3) is 10.1 Å². The Morgan fingerprint density at radius 3 is 2.21 bits per heavy atom. The quantitative estimate of drug-likeness (QED) is 0.506. The van der Waals surface area contributed by atoms with Crippen molar-refractivity contribution in [3.05, 3.63) is 11.8 Å². The van der Waals surface area contributed by atoms with Gasteiger partial charge in [-0.15, -0.1) is 0 Å². The molecule has 0 amide bonds. The molecule has 186 valence electrons. The van der Waals surface area contributed by atoms with Crippen LogP contribution in [-0.4, -0.2) is 88.1 Å². The first kappa shape index (κ1) is 24.6. The molecule has 3 aliphatic rings. The smallest absolute Gasteiger partial charge is 0.265 e. The molecule has 3 saturated heterocycles. The van der Waals surface area contributed by atoms with Crippen LogP contribution in [0, 0.1) is 0 Å². The van der Waals surface area contributed by atoms with Gasteiger partial charge in [0.05, 0.1) is 11.9 Å². The van der Waals surface area contributed by atoms with Gasteiger partial charge in [-0.2, -0.15) is 13.4 Å². The second kappa shape index (κ2) is 11.3. The number of anilines is 2. The van der Waals surface area contributed by atoms with E-state index in [1.165, 1.54) is 25.7 Å². The molecule has 0 radical (unpaired) electrons. The average Bonchev–Trinajstić information content (AvgIpc) is 3.53. The van der Waals surface area contributed by atoms with Gasteiger partial charge in [0.2, 0.25) is 5.95 Å². The van der Waals surface area contributed by atoms with Gasteiger partial charge in [0.1, 0.15) is 12.0 Å². The highest BCUT2D eigenvalue weighted by Crippen LogP contribution is 2.31. The first-order valence-corrected chi connectivity index (χ1v) is 14.5. The van der Waals surface area contributed by atoms with Crippen LogP contribution in [0.1, 0.15) is 63.5 Å². The molecule has 0 aromatic carbocycles. The van der Waals surface area contributed by atoms with Crippen molar-refractivity contribution in [2.24, 2.45) is 0 Å². The molecule has 2 atom stereocenters. The molecular weight excluding hydrogens is 440 g/mol. The molecule has 3 aliphatic heterocycles. The molecule has 3 fully saturated rings. The van der Waals surface area contributed by atoms with E-state index in [2.05, 4.69) is 33.0 Å². The van der Waals surface area contributed by atoms with Crippen LogP contribution in [0.3, 0.4) is 0 Å². The molecule has 9 nitrogen and oxygen atoms in total. The lowest BCUT2D eigenvalue weighted by Gasteiger charge is -2.34. The van der Waals surface area contributed by atoms with Crippen molar-refractivity contribution in [3.63, 3.8) is 0 Å². The minimum Gasteiger partial charge on any atom is -0.356 e. The third kappa shape index (κ3) is 6.77. The number of nitrogens with zero attached hydrogens (tertiary/aromatic N) is 5.